The van der Waals surface area contributed by atoms with E-state index in [4.69, 9.17) is 9.84 Å². The Bertz CT molecular complexity index is 468. The van der Waals surface area contributed by atoms with Crippen LogP contribution in [0.2, 0.25) is 0 Å². The predicted octanol–water partition coefficient (Wildman–Crippen LogP) is 1.37. The second-order valence-electron chi connectivity index (χ2n) is 3.67. The highest BCUT2D eigenvalue weighted by molar-refractivity contribution is 5.88. The maximum absolute atomic E-state index is 11.3. The number of carbonyl (C=O) groups excluding carboxylic acids is 1. The average Bonchev–Trinajstić information content (AvgIpc) is 2.34. The summed E-state index contributed by atoms with van der Waals surface area (Å²) in [6.07, 6.45) is 1.57. The van der Waals surface area contributed by atoms with Crippen molar-refractivity contribution in [3.05, 3.63) is 42.0 Å². The Labute approximate surface area is 105 Å². The number of hydrogen-bond donors (Lipinski definition) is 2. The maximum Gasteiger partial charge on any atom is 0.335 e. The molecule has 1 amide bonds. The molecule has 0 heterocycles. The summed E-state index contributed by atoms with van der Waals surface area (Å²) in [4.78, 5) is 22.0. The summed E-state index contributed by atoms with van der Waals surface area (Å²) in [6.45, 7) is 5.48. The van der Waals surface area contributed by atoms with E-state index in [1.165, 1.54) is 12.1 Å². The number of ether oxygens (including phenoxy) is 1. The Morgan fingerprint density at radius 1 is 1.50 bits per heavy atom. The van der Waals surface area contributed by atoms with Crippen LogP contribution in [0.25, 0.3) is 0 Å². The molecule has 0 fully saturated rings. The van der Waals surface area contributed by atoms with Crippen LogP contribution in [-0.4, -0.2) is 30.1 Å². The lowest BCUT2D eigenvalue weighted by molar-refractivity contribution is -0.122. The van der Waals surface area contributed by atoms with Gasteiger partial charge >= 0.3 is 5.97 Å². The van der Waals surface area contributed by atoms with Crippen LogP contribution in [0.15, 0.2) is 30.9 Å². The number of carboxylic acid groups (broad SMARTS) is 1. The van der Waals surface area contributed by atoms with E-state index in [0.29, 0.717) is 17.9 Å². The number of aryl methyl sites for hydroxylation is 1. The molecule has 0 aliphatic rings. The molecule has 0 spiro atoms. The maximum atomic E-state index is 11.3. The second kappa shape index (κ2) is 6.44. The molecule has 2 N–H and O–H groups in total. The number of aromatic carboxylic acids is 1. The third kappa shape index (κ3) is 3.93. The van der Waals surface area contributed by atoms with E-state index in [-0.39, 0.29) is 18.1 Å². The number of nitrogens with one attached hydrogen (secondary N) is 1. The van der Waals surface area contributed by atoms with Gasteiger partial charge < -0.3 is 15.2 Å². The van der Waals surface area contributed by atoms with Crippen LogP contribution in [0.4, 0.5) is 0 Å². The van der Waals surface area contributed by atoms with Gasteiger partial charge in [0.05, 0.1) is 5.56 Å². The molecule has 0 atom stereocenters. The topological polar surface area (TPSA) is 75.6 Å². The molecule has 1 aromatic carbocycles. The molecule has 5 nitrogen and oxygen atoms in total. The molecule has 5 heteroatoms. The van der Waals surface area contributed by atoms with Gasteiger partial charge in [0, 0.05) is 6.54 Å². The second-order valence-corrected chi connectivity index (χ2v) is 3.67. The van der Waals surface area contributed by atoms with Crippen LogP contribution in [0.3, 0.4) is 0 Å². The van der Waals surface area contributed by atoms with Crippen molar-refractivity contribution >= 4 is 11.9 Å². The summed E-state index contributed by atoms with van der Waals surface area (Å²) in [6, 6.07) is 4.48. The Morgan fingerprint density at radius 2 is 2.22 bits per heavy atom. The van der Waals surface area contributed by atoms with Gasteiger partial charge in [-0.2, -0.15) is 0 Å². The molecule has 0 aliphatic heterocycles. The first-order valence-electron chi connectivity index (χ1n) is 5.39. The minimum Gasteiger partial charge on any atom is -0.484 e. The van der Waals surface area contributed by atoms with Crippen LogP contribution >= 0.6 is 0 Å². The number of carboxylic acids is 1. The Hall–Kier alpha value is -2.30. The minimum absolute atomic E-state index is 0.110. The van der Waals surface area contributed by atoms with Crippen LogP contribution in [0.1, 0.15) is 15.9 Å². The summed E-state index contributed by atoms with van der Waals surface area (Å²) < 4.78 is 5.29. The van der Waals surface area contributed by atoms with Crippen LogP contribution in [0.5, 0.6) is 5.75 Å². The highest BCUT2D eigenvalue weighted by atomic mass is 16.5. The van der Waals surface area contributed by atoms with E-state index < -0.39 is 5.97 Å². The highest BCUT2D eigenvalue weighted by Crippen LogP contribution is 2.18. The van der Waals surface area contributed by atoms with Crippen LogP contribution in [-0.2, 0) is 4.79 Å². The molecule has 1 rings (SSSR count). The van der Waals surface area contributed by atoms with Crippen LogP contribution < -0.4 is 10.1 Å². The quantitative estimate of drug-likeness (QED) is 0.747. The largest absolute Gasteiger partial charge is 0.484 e. The Kier molecular flexibility index (Phi) is 4.92. The first-order valence-corrected chi connectivity index (χ1v) is 5.39. The summed E-state index contributed by atoms with van der Waals surface area (Å²) in [5.41, 5.74) is 0.863. The van der Waals surface area contributed by atoms with E-state index in [9.17, 15) is 9.59 Å². The third-order valence-electron chi connectivity index (χ3n) is 2.22. The molecule has 18 heavy (non-hydrogen) atoms. The molecule has 0 aromatic heterocycles. The normalized spacial score (nSPS) is 9.61. The van der Waals surface area contributed by atoms with E-state index in [1.54, 1.807) is 19.1 Å². The van der Waals surface area contributed by atoms with Crippen molar-refractivity contribution in [3.63, 3.8) is 0 Å². The summed E-state index contributed by atoms with van der Waals surface area (Å²) >= 11 is 0. The zero-order valence-corrected chi connectivity index (χ0v) is 10.1. The van der Waals surface area contributed by atoms with Gasteiger partial charge in [-0.15, -0.1) is 6.58 Å². The molecule has 0 unspecified atom stereocenters. The molecule has 96 valence electrons. The number of carbonyl (C=O) groups is 2. The van der Waals surface area contributed by atoms with Gasteiger partial charge in [-0.25, -0.2) is 4.79 Å². The van der Waals surface area contributed by atoms with Crippen molar-refractivity contribution in [2.45, 2.75) is 6.92 Å². The van der Waals surface area contributed by atoms with Crippen LogP contribution in [0, 0.1) is 6.92 Å². The van der Waals surface area contributed by atoms with Gasteiger partial charge in [0.25, 0.3) is 5.91 Å². The van der Waals surface area contributed by atoms with Gasteiger partial charge in [-0.3, -0.25) is 4.79 Å². The number of rotatable bonds is 6. The van der Waals surface area contributed by atoms with E-state index >= 15 is 0 Å². The standard InChI is InChI=1S/C13H15NO4/c1-3-6-14-12(15)8-18-11-5-4-10(13(16)17)7-9(11)2/h3-5,7H,1,6,8H2,2H3,(H,14,15)(H,16,17). The molecular weight excluding hydrogens is 234 g/mol. The van der Waals surface area contributed by atoms with Crippen molar-refractivity contribution in [2.24, 2.45) is 0 Å². The summed E-state index contributed by atoms with van der Waals surface area (Å²) in [5.74, 6) is -0.751. The van der Waals surface area contributed by atoms with Gasteiger partial charge in [0.2, 0.25) is 0 Å². The first kappa shape index (κ1) is 13.8. The lowest BCUT2D eigenvalue weighted by Gasteiger charge is -2.09. The lowest BCUT2D eigenvalue weighted by atomic mass is 10.1. The monoisotopic (exact) mass is 249 g/mol. The zero-order valence-electron chi connectivity index (χ0n) is 10.1. The first-order chi connectivity index (χ1) is 8.54. The van der Waals surface area contributed by atoms with Crippen molar-refractivity contribution in [1.82, 2.24) is 5.32 Å². The molecule has 0 aliphatic carbocycles. The molecule has 1 aromatic rings. The fourth-order valence-corrected chi connectivity index (χ4v) is 1.32. The van der Waals surface area contributed by atoms with E-state index in [2.05, 4.69) is 11.9 Å². The molecule has 0 radical (unpaired) electrons. The van der Waals surface area contributed by atoms with E-state index in [1.807, 2.05) is 0 Å². The number of amides is 1. The molecule has 0 saturated carbocycles. The molecule has 0 saturated heterocycles. The van der Waals surface area contributed by atoms with Crippen molar-refractivity contribution in [1.29, 1.82) is 0 Å². The summed E-state index contributed by atoms with van der Waals surface area (Å²) in [5, 5.41) is 11.4. The Balaban J connectivity index is 2.60. The van der Waals surface area contributed by atoms with Crippen molar-refractivity contribution in [3.8, 4) is 5.75 Å². The van der Waals surface area contributed by atoms with Crippen molar-refractivity contribution in [2.75, 3.05) is 13.2 Å². The summed E-state index contributed by atoms with van der Waals surface area (Å²) in [7, 11) is 0. The minimum atomic E-state index is -0.992. The fourth-order valence-electron chi connectivity index (χ4n) is 1.32. The van der Waals surface area contributed by atoms with E-state index in [0.717, 1.165) is 0 Å². The average molecular weight is 249 g/mol. The van der Waals surface area contributed by atoms with Gasteiger partial charge in [-0.1, -0.05) is 6.08 Å². The molecule has 0 bridgehead atoms. The van der Waals surface area contributed by atoms with Crippen molar-refractivity contribution < 1.29 is 19.4 Å². The lowest BCUT2D eigenvalue weighted by Crippen LogP contribution is -2.28. The van der Waals surface area contributed by atoms with Gasteiger partial charge in [0.1, 0.15) is 5.75 Å². The van der Waals surface area contributed by atoms with Gasteiger partial charge in [-0.05, 0) is 30.7 Å². The zero-order chi connectivity index (χ0) is 13.5. The Morgan fingerprint density at radius 3 is 2.78 bits per heavy atom. The number of hydrogen-bond acceptors (Lipinski definition) is 3. The highest BCUT2D eigenvalue weighted by Gasteiger charge is 2.07. The van der Waals surface area contributed by atoms with Gasteiger partial charge in [0.15, 0.2) is 6.61 Å². The predicted molar refractivity (Wildman–Crippen MR) is 66.8 cm³/mol. The molecular formula is C13H15NO4. The number of benzene rings is 1. The fraction of sp³-hybridized carbons (Fsp3) is 0.231. The third-order valence-corrected chi connectivity index (χ3v) is 2.22. The SMILES string of the molecule is C=CCNC(=O)COc1ccc(C(=O)O)cc1C. The smallest absolute Gasteiger partial charge is 0.335 e.